The van der Waals surface area contributed by atoms with Crippen LogP contribution in [-0.2, 0) is 4.79 Å². The highest BCUT2D eigenvalue weighted by Crippen LogP contribution is 2.18. The van der Waals surface area contributed by atoms with Gasteiger partial charge in [-0.25, -0.2) is 4.98 Å². The smallest absolute Gasteiger partial charge is 0.303 e. The Balaban J connectivity index is 2.26. The first-order valence-corrected chi connectivity index (χ1v) is 9.67. The zero-order valence-corrected chi connectivity index (χ0v) is 16.5. The third-order valence-electron chi connectivity index (χ3n) is 4.50. The summed E-state index contributed by atoms with van der Waals surface area (Å²) in [5.41, 5.74) is 1.99. The molecule has 0 bridgehead atoms. The van der Waals surface area contributed by atoms with Crippen LogP contribution in [-0.4, -0.2) is 39.3 Å². The van der Waals surface area contributed by atoms with Gasteiger partial charge >= 0.3 is 5.97 Å². The van der Waals surface area contributed by atoms with Crippen molar-refractivity contribution in [2.24, 2.45) is 0 Å². The summed E-state index contributed by atoms with van der Waals surface area (Å²) < 4.78 is 0. The van der Waals surface area contributed by atoms with E-state index in [1.165, 1.54) is 0 Å². The molecule has 0 spiro atoms. The number of carboxylic acid groups (broad SMARTS) is 1. The fourth-order valence-corrected chi connectivity index (χ4v) is 3.01. The number of nitrogens with zero attached hydrogens (tertiary/aromatic N) is 2. The standard InChI is InChI=1S/C21H26N4O4/c1-14-8-9-18-15(12-14)21(29)25-20(24-18)16(13-22)17(6-5-11-26)23-10-4-2-3-7-19(27)28/h8-9,12,23,26H,2-7,10-11H2,1H3,(H,27,28)(H,24,25,29)/b17-16-. The Morgan fingerprint density at radius 2 is 2.03 bits per heavy atom. The molecule has 0 aliphatic rings. The highest BCUT2D eigenvalue weighted by Gasteiger charge is 2.14. The molecule has 0 amide bonds. The highest BCUT2D eigenvalue weighted by molar-refractivity contribution is 5.82. The van der Waals surface area contributed by atoms with E-state index >= 15 is 0 Å². The van der Waals surface area contributed by atoms with E-state index in [1.54, 1.807) is 12.1 Å². The summed E-state index contributed by atoms with van der Waals surface area (Å²) in [4.78, 5) is 30.2. The van der Waals surface area contributed by atoms with E-state index in [0.717, 1.165) is 18.4 Å². The largest absolute Gasteiger partial charge is 0.481 e. The molecule has 0 radical (unpaired) electrons. The van der Waals surface area contributed by atoms with Crippen LogP contribution in [0.2, 0.25) is 0 Å². The average Bonchev–Trinajstić information content (AvgIpc) is 2.69. The van der Waals surface area contributed by atoms with Gasteiger partial charge in [0.05, 0.1) is 10.9 Å². The number of allylic oxidation sites excluding steroid dienone is 2. The Bertz CT molecular complexity index is 988. The van der Waals surface area contributed by atoms with Crippen molar-refractivity contribution in [2.75, 3.05) is 13.2 Å². The van der Waals surface area contributed by atoms with E-state index < -0.39 is 5.97 Å². The zero-order valence-electron chi connectivity index (χ0n) is 16.5. The number of nitriles is 1. The van der Waals surface area contributed by atoms with Gasteiger partial charge in [0, 0.05) is 25.3 Å². The van der Waals surface area contributed by atoms with Crippen molar-refractivity contribution in [3.63, 3.8) is 0 Å². The number of carbonyl (C=O) groups is 1. The van der Waals surface area contributed by atoms with Crippen LogP contribution in [0.5, 0.6) is 0 Å². The van der Waals surface area contributed by atoms with E-state index in [0.29, 0.717) is 42.4 Å². The summed E-state index contributed by atoms with van der Waals surface area (Å²) in [6.45, 7) is 2.42. The molecule has 0 saturated carbocycles. The van der Waals surface area contributed by atoms with Crippen LogP contribution < -0.4 is 10.9 Å². The van der Waals surface area contributed by atoms with Crippen molar-refractivity contribution in [3.05, 3.63) is 45.6 Å². The van der Waals surface area contributed by atoms with E-state index in [4.69, 9.17) is 5.11 Å². The number of aliphatic hydroxyl groups excluding tert-OH is 1. The Labute approximate surface area is 168 Å². The van der Waals surface area contributed by atoms with Crippen LogP contribution in [0.25, 0.3) is 16.5 Å². The summed E-state index contributed by atoms with van der Waals surface area (Å²) in [5.74, 6) is -0.616. The number of aryl methyl sites for hydroxylation is 1. The van der Waals surface area contributed by atoms with Crippen molar-refractivity contribution < 1.29 is 15.0 Å². The first-order chi connectivity index (χ1) is 14.0. The van der Waals surface area contributed by atoms with Gasteiger partial charge < -0.3 is 20.5 Å². The number of rotatable bonds is 11. The quantitative estimate of drug-likeness (QED) is 0.337. The minimum Gasteiger partial charge on any atom is -0.481 e. The van der Waals surface area contributed by atoms with Crippen LogP contribution in [0.15, 0.2) is 28.7 Å². The maximum absolute atomic E-state index is 12.5. The van der Waals surface area contributed by atoms with E-state index in [2.05, 4.69) is 21.4 Å². The van der Waals surface area contributed by atoms with Crippen molar-refractivity contribution in [2.45, 2.75) is 45.4 Å². The lowest BCUT2D eigenvalue weighted by Crippen LogP contribution is -2.19. The molecule has 154 valence electrons. The molecule has 1 aromatic heterocycles. The Hall–Kier alpha value is -3.18. The third kappa shape index (κ3) is 6.43. The molecule has 2 aromatic rings. The van der Waals surface area contributed by atoms with Crippen LogP contribution in [0.3, 0.4) is 0 Å². The lowest BCUT2D eigenvalue weighted by Gasteiger charge is -2.13. The number of hydrogen-bond acceptors (Lipinski definition) is 6. The number of carboxylic acids is 1. The maximum atomic E-state index is 12.5. The van der Waals surface area contributed by atoms with Crippen LogP contribution in [0.1, 0.15) is 49.9 Å². The minimum atomic E-state index is -0.810. The fourth-order valence-electron chi connectivity index (χ4n) is 3.01. The molecule has 0 aliphatic carbocycles. The maximum Gasteiger partial charge on any atom is 0.303 e. The van der Waals surface area contributed by atoms with Crippen molar-refractivity contribution in [3.8, 4) is 6.07 Å². The summed E-state index contributed by atoms with van der Waals surface area (Å²) in [7, 11) is 0. The first-order valence-electron chi connectivity index (χ1n) is 9.67. The molecular formula is C21H26N4O4. The van der Waals surface area contributed by atoms with Gasteiger partial charge in [0.1, 0.15) is 11.6 Å². The van der Waals surface area contributed by atoms with Crippen LogP contribution in [0.4, 0.5) is 0 Å². The number of aromatic amines is 1. The Kier molecular flexibility index (Phi) is 8.37. The molecule has 0 atom stereocenters. The van der Waals surface area contributed by atoms with Gasteiger partial charge in [0.2, 0.25) is 0 Å². The van der Waals surface area contributed by atoms with Gasteiger partial charge in [-0.15, -0.1) is 0 Å². The number of aromatic nitrogens is 2. The number of aliphatic hydroxyl groups is 1. The molecule has 8 nitrogen and oxygen atoms in total. The molecule has 8 heteroatoms. The second-order valence-electron chi connectivity index (χ2n) is 6.86. The molecule has 2 rings (SSSR count). The predicted octanol–water partition coefficient (Wildman–Crippen LogP) is 2.47. The molecule has 0 saturated heterocycles. The summed E-state index contributed by atoms with van der Waals surface area (Å²) in [6.07, 6.45) is 3.12. The highest BCUT2D eigenvalue weighted by atomic mass is 16.4. The second-order valence-corrected chi connectivity index (χ2v) is 6.86. The molecule has 0 fully saturated rings. The molecule has 1 aromatic carbocycles. The van der Waals surface area contributed by atoms with Gasteiger partial charge in [0.15, 0.2) is 5.82 Å². The van der Waals surface area contributed by atoms with Crippen molar-refractivity contribution >= 4 is 22.4 Å². The number of unbranched alkanes of at least 4 members (excludes halogenated alkanes) is 2. The number of benzene rings is 1. The predicted molar refractivity (Wildman–Crippen MR) is 110 cm³/mol. The average molecular weight is 398 g/mol. The first kappa shape index (κ1) is 22.1. The lowest BCUT2D eigenvalue weighted by molar-refractivity contribution is -0.137. The molecule has 29 heavy (non-hydrogen) atoms. The normalized spacial score (nSPS) is 11.8. The molecule has 0 aliphatic heterocycles. The Morgan fingerprint density at radius 3 is 2.72 bits per heavy atom. The van der Waals surface area contributed by atoms with Gasteiger partial charge in [-0.2, -0.15) is 5.26 Å². The van der Waals surface area contributed by atoms with Crippen molar-refractivity contribution in [1.29, 1.82) is 5.26 Å². The monoisotopic (exact) mass is 398 g/mol. The van der Waals surface area contributed by atoms with Gasteiger partial charge in [-0.05, 0) is 44.7 Å². The Morgan fingerprint density at radius 1 is 1.24 bits per heavy atom. The van der Waals surface area contributed by atoms with Gasteiger partial charge in [0.25, 0.3) is 5.56 Å². The molecule has 0 unspecified atom stereocenters. The number of fused-ring (bicyclic) bond motifs is 1. The molecule has 4 N–H and O–H groups in total. The summed E-state index contributed by atoms with van der Waals surface area (Å²) >= 11 is 0. The number of aliphatic carboxylic acids is 1. The second kappa shape index (κ2) is 11.0. The van der Waals surface area contributed by atoms with E-state index in [-0.39, 0.29) is 30.0 Å². The number of H-pyrrole nitrogens is 1. The topological polar surface area (TPSA) is 139 Å². The van der Waals surface area contributed by atoms with Gasteiger partial charge in [-0.1, -0.05) is 18.1 Å². The fraction of sp³-hybridized carbons (Fsp3) is 0.429. The van der Waals surface area contributed by atoms with Crippen LogP contribution >= 0.6 is 0 Å². The zero-order chi connectivity index (χ0) is 21.2. The number of nitrogens with one attached hydrogen (secondary N) is 2. The van der Waals surface area contributed by atoms with Gasteiger partial charge in [-0.3, -0.25) is 9.59 Å². The SMILES string of the molecule is Cc1ccc2nc(/C(C#N)=C(/CCCO)NCCCCCC(=O)O)[nH]c(=O)c2c1. The molecule has 1 heterocycles. The minimum absolute atomic E-state index is 0.0244. The van der Waals surface area contributed by atoms with Crippen LogP contribution in [0, 0.1) is 18.3 Å². The number of hydrogen-bond donors (Lipinski definition) is 4. The molecular weight excluding hydrogens is 372 g/mol. The van der Waals surface area contributed by atoms with E-state index in [9.17, 15) is 20.0 Å². The lowest BCUT2D eigenvalue weighted by atomic mass is 10.1. The third-order valence-corrected chi connectivity index (χ3v) is 4.50. The van der Waals surface area contributed by atoms with Crippen molar-refractivity contribution in [1.82, 2.24) is 15.3 Å². The summed E-state index contributed by atoms with van der Waals surface area (Å²) in [5, 5.41) is 31.3. The van der Waals surface area contributed by atoms with E-state index in [1.807, 2.05) is 13.0 Å². The summed E-state index contributed by atoms with van der Waals surface area (Å²) in [6, 6.07) is 7.48.